The van der Waals surface area contributed by atoms with Crippen molar-refractivity contribution in [2.75, 3.05) is 0 Å². The second-order valence-electron chi connectivity index (χ2n) is 3.90. The molecule has 0 heterocycles. The van der Waals surface area contributed by atoms with Crippen molar-refractivity contribution >= 4 is 11.8 Å². The lowest BCUT2D eigenvalue weighted by atomic mass is 10.1. The van der Waals surface area contributed by atoms with Gasteiger partial charge in [-0.1, -0.05) is 60.7 Å². The Labute approximate surface area is 106 Å². The van der Waals surface area contributed by atoms with Gasteiger partial charge in [0.2, 0.25) is 0 Å². The Morgan fingerprint density at radius 1 is 1.00 bits per heavy atom. The van der Waals surface area contributed by atoms with Crippen molar-refractivity contribution in [2.24, 2.45) is 0 Å². The summed E-state index contributed by atoms with van der Waals surface area (Å²) in [5, 5.41) is 10.8. The number of allylic oxidation sites excluding steroid dienone is 1. The molecule has 90 valence electrons. The zero-order valence-electron chi connectivity index (χ0n) is 9.82. The molecule has 3 nitrogen and oxygen atoms in total. The molecule has 0 atom stereocenters. The molecule has 0 N–H and O–H groups in total. The predicted octanol–water partition coefficient (Wildman–Crippen LogP) is 3.85. The number of benzene rings is 2. The number of hydrogen-bond donors (Lipinski definition) is 0. The third-order valence-electron chi connectivity index (χ3n) is 2.64. The van der Waals surface area contributed by atoms with Gasteiger partial charge in [0.1, 0.15) is 0 Å². The van der Waals surface area contributed by atoms with Gasteiger partial charge in [-0.05, 0) is 12.0 Å². The van der Waals surface area contributed by atoms with Crippen LogP contribution in [0.3, 0.4) is 0 Å². The fourth-order valence-electron chi connectivity index (χ4n) is 1.75. The third kappa shape index (κ3) is 3.04. The average Bonchev–Trinajstić information content (AvgIpc) is 2.40. The van der Waals surface area contributed by atoms with E-state index in [1.165, 1.54) is 6.07 Å². The Balaban J connectivity index is 2.11. The highest BCUT2D eigenvalue weighted by molar-refractivity contribution is 5.50. The summed E-state index contributed by atoms with van der Waals surface area (Å²) < 4.78 is 0. The number of nitrogens with zero attached hydrogens (tertiary/aromatic N) is 1. The molecule has 0 unspecified atom stereocenters. The van der Waals surface area contributed by atoms with Crippen LogP contribution in [-0.4, -0.2) is 4.92 Å². The van der Waals surface area contributed by atoms with Crippen LogP contribution in [0.15, 0.2) is 60.7 Å². The lowest BCUT2D eigenvalue weighted by Crippen LogP contribution is -1.93. The van der Waals surface area contributed by atoms with Crippen LogP contribution in [0, 0.1) is 10.1 Å². The molecule has 0 spiro atoms. The number of hydrogen-bond acceptors (Lipinski definition) is 2. The molecule has 0 amide bonds. The predicted molar refractivity (Wildman–Crippen MR) is 72.3 cm³/mol. The van der Waals surface area contributed by atoms with Gasteiger partial charge in [-0.15, -0.1) is 0 Å². The standard InChI is InChI=1S/C15H13NO2/c17-16(18)15-12-5-4-10-14(15)11-6-9-13-7-2-1-3-8-13/h1-10,12H,11H2. The van der Waals surface area contributed by atoms with Crippen LogP contribution in [0.5, 0.6) is 0 Å². The molecule has 0 aliphatic carbocycles. The van der Waals surface area contributed by atoms with Crippen LogP contribution in [0.1, 0.15) is 11.1 Å². The highest BCUT2D eigenvalue weighted by Gasteiger charge is 2.09. The fourth-order valence-corrected chi connectivity index (χ4v) is 1.75. The van der Waals surface area contributed by atoms with E-state index in [-0.39, 0.29) is 10.6 Å². The Morgan fingerprint density at radius 3 is 2.39 bits per heavy atom. The van der Waals surface area contributed by atoms with E-state index >= 15 is 0 Å². The van der Waals surface area contributed by atoms with Gasteiger partial charge in [0.25, 0.3) is 5.69 Å². The van der Waals surface area contributed by atoms with Crippen LogP contribution in [0.4, 0.5) is 5.69 Å². The maximum Gasteiger partial charge on any atom is 0.272 e. The van der Waals surface area contributed by atoms with Gasteiger partial charge in [-0.25, -0.2) is 0 Å². The molecule has 18 heavy (non-hydrogen) atoms. The van der Waals surface area contributed by atoms with Crippen molar-refractivity contribution in [3.8, 4) is 0 Å². The SMILES string of the molecule is O=[N+]([O-])c1ccccc1CC=Cc1ccccc1. The van der Waals surface area contributed by atoms with E-state index in [0.717, 1.165) is 11.1 Å². The smallest absolute Gasteiger partial charge is 0.258 e. The van der Waals surface area contributed by atoms with Crippen molar-refractivity contribution < 1.29 is 4.92 Å². The molecule has 3 heteroatoms. The van der Waals surface area contributed by atoms with Gasteiger partial charge in [0, 0.05) is 11.6 Å². The normalized spacial score (nSPS) is 10.7. The maximum atomic E-state index is 10.8. The van der Waals surface area contributed by atoms with Gasteiger partial charge < -0.3 is 0 Å². The fraction of sp³-hybridized carbons (Fsp3) is 0.0667. The summed E-state index contributed by atoms with van der Waals surface area (Å²) in [6.45, 7) is 0. The van der Waals surface area contributed by atoms with Gasteiger partial charge in [-0.3, -0.25) is 10.1 Å². The van der Waals surface area contributed by atoms with Crippen molar-refractivity contribution in [1.82, 2.24) is 0 Å². The molecule has 0 aliphatic heterocycles. The van der Waals surface area contributed by atoms with Crippen molar-refractivity contribution in [3.63, 3.8) is 0 Å². The highest BCUT2D eigenvalue weighted by Crippen LogP contribution is 2.18. The summed E-state index contributed by atoms with van der Waals surface area (Å²) in [7, 11) is 0. The topological polar surface area (TPSA) is 43.1 Å². The summed E-state index contributed by atoms with van der Waals surface area (Å²) in [5.41, 5.74) is 2.00. The van der Waals surface area contributed by atoms with Crippen LogP contribution in [0.2, 0.25) is 0 Å². The number of nitro benzene ring substituents is 1. The molecule has 2 rings (SSSR count). The minimum Gasteiger partial charge on any atom is -0.258 e. The van der Waals surface area contributed by atoms with Crippen molar-refractivity contribution in [1.29, 1.82) is 0 Å². The molecule has 2 aromatic carbocycles. The Morgan fingerprint density at radius 2 is 1.67 bits per heavy atom. The van der Waals surface area contributed by atoms with Gasteiger partial charge in [-0.2, -0.15) is 0 Å². The van der Waals surface area contributed by atoms with Crippen LogP contribution in [-0.2, 0) is 6.42 Å². The molecule has 0 bridgehead atoms. The van der Waals surface area contributed by atoms with E-state index in [1.54, 1.807) is 12.1 Å². The molecule has 0 fully saturated rings. The summed E-state index contributed by atoms with van der Waals surface area (Å²) in [6.07, 6.45) is 4.47. The van der Waals surface area contributed by atoms with Gasteiger partial charge >= 0.3 is 0 Å². The largest absolute Gasteiger partial charge is 0.272 e. The van der Waals surface area contributed by atoms with E-state index in [4.69, 9.17) is 0 Å². The first-order chi connectivity index (χ1) is 8.77. The first kappa shape index (κ1) is 12.0. The van der Waals surface area contributed by atoms with Crippen LogP contribution < -0.4 is 0 Å². The summed E-state index contributed by atoms with van der Waals surface area (Å²) >= 11 is 0. The summed E-state index contributed by atoms with van der Waals surface area (Å²) in [6, 6.07) is 16.7. The minimum absolute atomic E-state index is 0.176. The Bertz CT molecular complexity index is 562. The average molecular weight is 239 g/mol. The van der Waals surface area contributed by atoms with Gasteiger partial charge in [0.05, 0.1) is 4.92 Å². The number of nitro groups is 1. The molecule has 0 aromatic heterocycles. The van der Waals surface area contributed by atoms with Crippen molar-refractivity contribution in [3.05, 3.63) is 81.9 Å². The zero-order valence-corrected chi connectivity index (χ0v) is 9.82. The lowest BCUT2D eigenvalue weighted by molar-refractivity contribution is -0.385. The summed E-state index contributed by atoms with van der Waals surface area (Å²) in [4.78, 5) is 10.5. The highest BCUT2D eigenvalue weighted by atomic mass is 16.6. The maximum absolute atomic E-state index is 10.8. The van der Waals surface area contributed by atoms with E-state index in [2.05, 4.69) is 0 Å². The minimum atomic E-state index is -0.342. The molecule has 2 aromatic rings. The molecular weight excluding hydrogens is 226 g/mol. The van der Waals surface area contributed by atoms with Crippen molar-refractivity contribution in [2.45, 2.75) is 6.42 Å². The first-order valence-corrected chi connectivity index (χ1v) is 5.71. The second-order valence-corrected chi connectivity index (χ2v) is 3.90. The van der Waals surface area contributed by atoms with Gasteiger partial charge in [0.15, 0.2) is 0 Å². The van der Waals surface area contributed by atoms with Crippen LogP contribution >= 0.6 is 0 Å². The number of rotatable bonds is 4. The quantitative estimate of drug-likeness (QED) is 0.600. The molecule has 0 saturated heterocycles. The van der Waals surface area contributed by atoms with E-state index in [9.17, 15) is 10.1 Å². The van der Waals surface area contributed by atoms with Crippen LogP contribution in [0.25, 0.3) is 6.08 Å². The van der Waals surface area contributed by atoms with E-state index in [1.807, 2.05) is 48.6 Å². The first-order valence-electron chi connectivity index (χ1n) is 5.71. The molecule has 0 radical (unpaired) electrons. The Kier molecular flexibility index (Phi) is 3.86. The van der Waals surface area contributed by atoms with E-state index in [0.29, 0.717) is 6.42 Å². The molecule has 0 aliphatic rings. The molecule has 0 saturated carbocycles. The molecular formula is C15H13NO2. The lowest BCUT2D eigenvalue weighted by Gasteiger charge is -1.98. The monoisotopic (exact) mass is 239 g/mol. The second kappa shape index (κ2) is 5.77. The Hall–Kier alpha value is -2.42. The summed E-state index contributed by atoms with van der Waals surface area (Å²) in [5.74, 6) is 0. The zero-order chi connectivity index (χ0) is 12.8. The third-order valence-corrected chi connectivity index (χ3v) is 2.64. The van der Waals surface area contributed by atoms with E-state index < -0.39 is 0 Å². The number of para-hydroxylation sites is 1.